The highest BCUT2D eigenvalue weighted by molar-refractivity contribution is 14.0. The molecule has 0 saturated carbocycles. The van der Waals surface area contributed by atoms with E-state index in [0.717, 1.165) is 12.0 Å². The minimum Gasteiger partial charge on any atom is -0.497 e. The van der Waals surface area contributed by atoms with E-state index in [4.69, 9.17) is 4.74 Å². The summed E-state index contributed by atoms with van der Waals surface area (Å²) in [6.45, 7) is 0.566. The number of guanidine groups is 1. The van der Waals surface area contributed by atoms with E-state index in [9.17, 15) is 8.78 Å². The standard InChI is InChI=1S/C18H25F2N5O2.HI/c1-4-21-18(22-8-7-13-10-24-25(2)12-13)23-11-14-9-15(26-3)5-6-16(14)27-17(19)20;/h5-6,9-10,12,17H,4,7-8,11H2,1-3H3,(H2,21,22,23);1H. The maximum Gasteiger partial charge on any atom is 0.387 e. The zero-order valence-corrected chi connectivity index (χ0v) is 18.4. The van der Waals surface area contributed by atoms with Gasteiger partial charge in [-0.3, -0.25) is 4.68 Å². The molecule has 1 aromatic heterocycles. The van der Waals surface area contributed by atoms with Crippen LogP contribution in [0.5, 0.6) is 11.5 Å². The Kier molecular flexibility index (Phi) is 10.6. The Balaban J connectivity index is 0.00000392. The smallest absolute Gasteiger partial charge is 0.387 e. The van der Waals surface area contributed by atoms with Gasteiger partial charge in [0.2, 0.25) is 0 Å². The van der Waals surface area contributed by atoms with Crippen molar-refractivity contribution in [3.05, 3.63) is 41.7 Å². The number of methoxy groups -OCH3 is 1. The lowest BCUT2D eigenvalue weighted by Gasteiger charge is -2.13. The Hall–Kier alpha value is -2.11. The molecule has 2 aromatic rings. The Morgan fingerprint density at radius 3 is 2.71 bits per heavy atom. The first kappa shape index (κ1) is 23.9. The molecule has 0 radical (unpaired) electrons. The fraction of sp³-hybridized carbons (Fsp3) is 0.444. The lowest BCUT2D eigenvalue weighted by Crippen LogP contribution is -2.38. The Morgan fingerprint density at radius 2 is 2.11 bits per heavy atom. The van der Waals surface area contributed by atoms with Crippen molar-refractivity contribution in [2.45, 2.75) is 26.5 Å². The average Bonchev–Trinajstić information content (AvgIpc) is 3.05. The molecule has 1 heterocycles. The van der Waals surface area contributed by atoms with Gasteiger partial charge in [-0.25, -0.2) is 4.99 Å². The van der Waals surface area contributed by atoms with E-state index in [1.54, 1.807) is 16.8 Å². The fourth-order valence-corrected chi connectivity index (χ4v) is 2.45. The summed E-state index contributed by atoms with van der Waals surface area (Å²) in [7, 11) is 3.38. The Morgan fingerprint density at radius 1 is 1.32 bits per heavy atom. The number of nitrogens with zero attached hydrogens (tertiary/aromatic N) is 3. The van der Waals surface area contributed by atoms with Crippen molar-refractivity contribution in [3.63, 3.8) is 0 Å². The third-order valence-electron chi connectivity index (χ3n) is 3.70. The molecule has 1 aromatic carbocycles. The lowest BCUT2D eigenvalue weighted by molar-refractivity contribution is -0.0504. The Labute approximate surface area is 180 Å². The van der Waals surface area contributed by atoms with Crippen LogP contribution in [0.15, 0.2) is 35.6 Å². The second-order valence-electron chi connectivity index (χ2n) is 5.75. The fourth-order valence-electron chi connectivity index (χ4n) is 2.45. The van der Waals surface area contributed by atoms with Crippen molar-refractivity contribution in [1.82, 2.24) is 20.4 Å². The first-order valence-corrected chi connectivity index (χ1v) is 8.63. The predicted octanol–water partition coefficient (Wildman–Crippen LogP) is 2.95. The molecule has 10 heteroatoms. The van der Waals surface area contributed by atoms with Gasteiger partial charge in [-0.05, 0) is 37.1 Å². The number of halogens is 3. The number of aryl methyl sites for hydroxylation is 1. The molecule has 0 aliphatic rings. The molecule has 7 nitrogen and oxygen atoms in total. The monoisotopic (exact) mass is 509 g/mol. The maximum atomic E-state index is 12.6. The van der Waals surface area contributed by atoms with E-state index in [-0.39, 0.29) is 36.3 Å². The molecule has 156 valence electrons. The minimum absolute atomic E-state index is 0. The zero-order chi connectivity index (χ0) is 19.6. The van der Waals surface area contributed by atoms with Crippen molar-refractivity contribution in [1.29, 1.82) is 0 Å². The summed E-state index contributed by atoms with van der Waals surface area (Å²) in [5.74, 6) is 1.23. The second kappa shape index (κ2) is 12.4. The molecule has 0 unspecified atom stereocenters. The summed E-state index contributed by atoms with van der Waals surface area (Å²) in [4.78, 5) is 4.46. The third kappa shape index (κ3) is 7.87. The molecule has 28 heavy (non-hydrogen) atoms. The molecule has 0 amide bonds. The van der Waals surface area contributed by atoms with E-state index in [0.29, 0.717) is 30.4 Å². The van der Waals surface area contributed by atoms with Gasteiger partial charge in [-0.15, -0.1) is 24.0 Å². The summed E-state index contributed by atoms with van der Waals surface area (Å²) in [5, 5.41) is 10.5. The molecule has 0 saturated heterocycles. The highest BCUT2D eigenvalue weighted by atomic mass is 127. The number of aliphatic imine (C=N–C) groups is 1. The molecule has 2 N–H and O–H groups in total. The summed E-state index contributed by atoms with van der Waals surface area (Å²) in [5.41, 5.74) is 1.63. The van der Waals surface area contributed by atoms with E-state index >= 15 is 0 Å². The number of nitrogens with one attached hydrogen (secondary N) is 2. The number of hydrogen-bond donors (Lipinski definition) is 2. The van der Waals surface area contributed by atoms with Gasteiger partial charge in [-0.1, -0.05) is 0 Å². The SMILES string of the molecule is CCNC(=NCc1cc(OC)ccc1OC(F)F)NCCc1cnn(C)c1.I. The largest absolute Gasteiger partial charge is 0.497 e. The lowest BCUT2D eigenvalue weighted by atomic mass is 10.2. The van der Waals surface area contributed by atoms with Gasteiger partial charge >= 0.3 is 6.61 Å². The number of ether oxygens (including phenoxy) is 2. The minimum atomic E-state index is -2.90. The normalized spacial score (nSPS) is 11.1. The van der Waals surface area contributed by atoms with Crippen LogP contribution in [0.25, 0.3) is 0 Å². The van der Waals surface area contributed by atoms with E-state index in [1.807, 2.05) is 26.4 Å². The average molecular weight is 509 g/mol. The highest BCUT2D eigenvalue weighted by Gasteiger charge is 2.11. The van der Waals surface area contributed by atoms with Crippen LogP contribution in [0.1, 0.15) is 18.1 Å². The van der Waals surface area contributed by atoms with Crippen LogP contribution in [0.4, 0.5) is 8.78 Å². The number of aromatic nitrogens is 2. The Bertz CT molecular complexity index is 755. The van der Waals surface area contributed by atoms with Gasteiger partial charge in [0.15, 0.2) is 5.96 Å². The van der Waals surface area contributed by atoms with Crippen LogP contribution in [-0.4, -0.2) is 42.6 Å². The van der Waals surface area contributed by atoms with E-state index in [2.05, 4.69) is 25.5 Å². The molecule has 0 bridgehead atoms. The number of hydrogen-bond acceptors (Lipinski definition) is 4. The van der Waals surface area contributed by atoms with Crippen LogP contribution >= 0.6 is 24.0 Å². The molecule has 0 fully saturated rings. The van der Waals surface area contributed by atoms with Crippen LogP contribution in [-0.2, 0) is 20.0 Å². The van der Waals surface area contributed by atoms with Gasteiger partial charge in [-0.2, -0.15) is 13.9 Å². The number of benzene rings is 1. The number of alkyl halides is 2. The summed E-state index contributed by atoms with van der Waals surface area (Å²) >= 11 is 0. The van der Waals surface area contributed by atoms with Crippen molar-refractivity contribution in [2.24, 2.45) is 12.0 Å². The summed E-state index contributed by atoms with van der Waals surface area (Å²) < 4.78 is 36.7. The third-order valence-corrected chi connectivity index (χ3v) is 3.70. The van der Waals surface area contributed by atoms with Crippen molar-refractivity contribution in [2.75, 3.05) is 20.2 Å². The van der Waals surface area contributed by atoms with Gasteiger partial charge in [0.1, 0.15) is 11.5 Å². The maximum absolute atomic E-state index is 12.6. The molecule has 0 spiro atoms. The molecule has 0 aliphatic carbocycles. The molecular formula is C18H26F2IN5O2. The molecule has 2 rings (SSSR count). The van der Waals surface area contributed by atoms with E-state index < -0.39 is 6.61 Å². The van der Waals surface area contributed by atoms with Crippen LogP contribution < -0.4 is 20.1 Å². The van der Waals surface area contributed by atoms with Crippen LogP contribution in [0.3, 0.4) is 0 Å². The summed E-state index contributed by atoms with van der Waals surface area (Å²) in [6, 6.07) is 4.67. The first-order valence-electron chi connectivity index (χ1n) is 8.63. The highest BCUT2D eigenvalue weighted by Crippen LogP contribution is 2.26. The quantitative estimate of drug-likeness (QED) is 0.309. The van der Waals surface area contributed by atoms with Crippen molar-refractivity contribution >= 4 is 29.9 Å². The topological polar surface area (TPSA) is 72.7 Å². The van der Waals surface area contributed by atoms with Gasteiger partial charge in [0.05, 0.1) is 19.9 Å². The van der Waals surface area contributed by atoms with E-state index in [1.165, 1.54) is 13.2 Å². The molecule has 0 atom stereocenters. The van der Waals surface area contributed by atoms with Crippen LogP contribution in [0.2, 0.25) is 0 Å². The molecular weight excluding hydrogens is 483 g/mol. The zero-order valence-electron chi connectivity index (χ0n) is 16.1. The van der Waals surface area contributed by atoms with Gasteiger partial charge in [0, 0.05) is 31.9 Å². The summed E-state index contributed by atoms with van der Waals surface area (Å²) in [6.07, 6.45) is 4.56. The van der Waals surface area contributed by atoms with Crippen molar-refractivity contribution < 1.29 is 18.3 Å². The van der Waals surface area contributed by atoms with Gasteiger partial charge in [0.25, 0.3) is 0 Å². The molecule has 0 aliphatic heterocycles. The predicted molar refractivity (Wildman–Crippen MR) is 115 cm³/mol. The van der Waals surface area contributed by atoms with Gasteiger partial charge < -0.3 is 20.1 Å². The number of rotatable bonds is 9. The second-order valence-corrected chi connectivity index (χ2v) is 5.75. The first-order chi connectivity index (χ1) is 13.0. The van der Waals surface area contributed by atoms with Crippen LogP contribution in [0, 0.1) is 0 Å². The van der Waals surface area contributed by atoms with Crippen molar-refractivity contribution in [3.8, 4) is 11.5 Å².